The van der Waals surface area contributed by atoms with Crippen LogP contribution in [0, 0.1) is 17.6 Å². The summed E-state index contributed by atoms with van der Waals surface area (Å²) in [5.41, 5.74) is 1.31. The maximum atomic E-state index is 14.3. The molecular weight excluding hydrogens is 392 g/mol. The lowest BCUT2D eigenvalue weighted by Crippen LogP contribution is -2.39. The fourth-order valence-corrected chi connectivity index (χ4v) is 4.00. The van der Waals surface area contributed by atoms with Crippen molar-refractivity contribution in [3.8, 4) is 11.3 Å². The fourth-order valence-electron chi connectivity index (χ4n) is 4.00. The normalized spacial score (nSPS) is 18.5. The van der Waals surface area contributed by atoms with Crippen LogP contribution in [0.3, 0.4) is 0 Å². The number of methoxy groups -OCH3 is 2. The largest absolute Gasteiger partial charge is 0.354 e. The van der Waals surface area contributed by atoms with Gasteiger partial charge in [-0.05, 0) is 48.4 Å². The molecule has 3 rings (SSSR count). The molecule has 8 heteroatoms. The van der Waals surface area contributed by atoms with Crippen LogP contribution < -0.4 is 5.32 Å². The number of nitrogens with zero attached hydrogens (tertiary/aromatic N) is 2. The average molecular weight is 419 g/mol. The zero-order valence-corrected chi connectivity index (χ0v) is 17.6. The number of ether oxygens (including phenoxy) is 2. The molecule has 1 aliphatic rings. The van der Waals surface area contributed by atoms with Crippen LogP contribution in [0.4, 0.5) is 8.78 Å². The number of benzene rings is 1. The van der Waals surface area contributed by atoms with Gasteiger partial charge in [0.25, 0.3) is 0 Å². The fraction of sp³-hybridized carbons (Fsp3) is 0.500. The van der Waals surface area contributed by atoms with Gasteiger partial charge in [-0.3, -0.25) is 4.79 Å². The lowest BCUT2D eigenvalue weighted by atomic mass is 9.74. The molecule has 0 spiro atoms. The smallest absolute Gasteiger partial charge is 0.229 e. The van der Waals surface area contributed by atoms with Crippen molar-refractivity contribution in [2.24, 2.45) is 5.92 Å². The maximum Gasteiger partial charge on any atom is 0.229 e. The standard InChI is InChI=1S/C22H27F2N3O3/c1-12(2)13-8-9-14(22(28)25-11-19(29-3)30-4)21-15(13)10-18(26-27-21)20-16(23)6-5-7-17(20)24/h5-7,10,12-14,19H,8-9,11H2,1-4H3,(H,25,28)/t13-,14?/m1/s1. The van der Waals surface area contributed by atoms with Crippen LogP contribution in [-0.4, -0.2) is 43.2 Å². The molecule has 2 aromatic rings. The predicted molar refractivity (Wildman–Crippen MR) is 108 cm³/mol. The number of amides is 1. The van der Waals surface area contributed by atoms with E-state index in [0.717, 1.165) is 12.0 Å². The molecule has 1 aromatic carbocycles. The van der Waals surface area contributed by atoms with Crippen LogP contribution >= 0.6 is 0 Å². The van der Waals surface area contributed by atoms with E-state index < -0.39 is 23.8 Å². The lowest BCUT2D eigenvalue weighted by Gasteiger charge is -2.32. The summed E-state index contributed by atoms with van der Waals surface area (Å²) in [7, 11) is 3.00. The number of carbonyl (C=O) groups is 1. The highest BCUT2D eigenvalue weighted by molar-refractivity contribution is 5.84. The molecule has 0 saturated heterocycles. The second-order valence-electron chi connectivity index (χ2n) is 7.79. The van der Waals surface area contributed by atoms with Gasteiger partial charge in [0.2, 0.25) is 5.91 Å². The Morgan fingerprint density at radius 1 is 1.17 bits per heavy atom. The molecule has 0 bridgehead atoms. The van der Waals surface area contributed by atoms with Gasteiger partial charge >= 0.3 is 0 Å². The minimum absolute atomic E-state index is 0.124. The topological polar surface area (TPSA) is 73.3 Å². The van der Waals surface area contributed by atoms with Crippen LogP contribution in [0.5, 0.6) is 0 Å². The van der Waals surface area contributed by atoms with E-state index in [1.54, 1.807) is 6.07 Å². The Labute approximate surface area is 175 Å². The van der Waals surface area contributed by atoms with E-state index in [4.69, 9.17) is 9.47 Å². The summed E-state index contributed by atoms with van der Waals surface area (Å²) < 4.78 is 38.8. The highest BCUT2D eigenvalue weighted by Gasteiger charge is 2.35. The number of fused-ring (bicyclic) bond motifs is 1. The summed E-state index contributed by atoms with van der Waals surface area (Å²) in [6.07, 6.45) is 0.845. The quantitative estimate of drug-likeness (QED) is 0.692. The van der Waals surface area contributed by atoms with Crippen molar-refractivity contribution in [2.45, 2.75) is 44.8 Å². The van der Waals surface area contributed by atoms with Crippen molar-refractivity contribution < 1.29 is 23.0 Å². The van der Waals surface area contributed by atoms with Crippen LogP contribution in [0.15, 0.2) is 24.3 Å². The summed E-state index contributed by atoms with van der Waals surface area (Å²) >= 11 is 0. The van der Waals surface area contributed by atoms with Crippen LogP contribution in [0.2, 0.25) is 0 Å². The van der Waals surface area contributed by atoms with E-state index in [1.165, 1.54) is 32.4 Å². The third kappa shape index (κ3) is 4.49. The van der Waals surface area contributed by atoms with E-state index in [0.29, 0.717) is 12.1 Å². The minimum atomic E-state index is -0.694. The molecule has 0 radical (unpaired) electrons. The Kier molecular flexibility index (Phi) is 7.10. The first kappa shape index (κ1) is 22.2. The summed E-state index contributed by atoms with van der Waals surface area (Å²) in [5.74, 6) is -1.67. The zero-order chi connectivity index (χ0) is 21.8. The van der Waals surface area contributed by atoms with Gasteiger partial charge in [-0.15, -0.1) is 5.10 Å². The lowest BCUT2D eigenvalue weighted by molar-refractivity contribution is -0.129. The monoisotopic (exact) mass is 419 g/mol. The number of halogens is 2. The van der Waals surface area contributed by atoms with Crippen molar-refractivity contribution in [1.29, 1.82) is 0 Å². The first-order valence-electron chi connectivity index (χ1n) is 10.0. The second kappa shape index (κ2) is 9.57. The van der Waals surface area contributed by atoms with E-state index in [9.17, 15) is 13.6 Å². The van der Waals surface area contributed by atoms with Crippen LogP contribution in [0.1, 0.15) is 49.8 Å². The molecule has 2 atom stereocenters. The number of carbonyl (C=O) groups excluding carboxylic acids is 1. The molecule has 1 aromatic heterocycles. The molecule has 1 N–H and O–H groups in total. The summed E-state index contributed by atoms with van der Waals surface area (Å²) in [4.78, 5) is 12.8. The van der Waals surface area contributed by atoms with Crippen molar-refractivity contribution >= 4 is 5.91 Å². The molecule has 1 aliphatic carbocycles. The van der Waals surface area contributed by atoms with Crippen molar-refractivity contribution in [3.05, 3.63) is 47.2 Å². The SMILES string of the molecule is COC(CNC(=O)C1CC[C@H](C(C)C)c2cc(-c3c(F)cccc3F)nnc21)OC. The molecule has 162 valence electrons. The van der Waals surface area contributed by atoms with E-state index in [2.05, 4.69) is 29.4 Å². The molecule has 0 saturated carbocycles. The maximum absolute atomic E-state index is 14.3. The van der Waals surface area contributed by atoms with E-state index in [-0.39, 0.29) is 35.5 Å². The summed E-state index contributed by atoms with van der Waals surface area (Å²) in [5, 5.41) is 11.2. The Balaban J connectivity index is 1.96. The Morgan fingerprint density at radius 2 is 1.83 bits per heavy atom. The molecule has 0 aliphatic heterocycles. The molecule has 6 nitrogen and oxygen atoms in total. The molecule has 1 heterocycles. The third-order valence-electron chi connectivity index (χ3n) is 5.66. The van der Waals surface area contributed by atoms with Gasteiger partial charge in [-0.25, -0.2) is 8.78 Å². The first-order chi connectivity index (χ1) is 14.4. The Bertz CT molecular complexity index is 883. The highest BCUT2D eigenvalue weighted by atomic mass is 19.1. The number of hydrogen-bond donors (Lipinski definition) is 1. The van der Waals surface area contributed by atoms with Crippen LogP contribution in [0.25, 0.3) is 11.3 Å². The van der Waals surface area contributed by atoms with Gasteiger partial charge in [0, 0.05) is 14.2 Å². The number of aromatic nitrogens is 2. The average Bonchev–Trinajstić information content (AvgIpc) is 2.73. The van der Waals surface area contributed by atoms with Crippen LogP contribution in [-0.2, 0) is 14.3 Å². The predicted octanol–water partition coefficient (Wildman–Crippen LogP) is 3.77. The van der Waals surface area contributed by atoms with Crippen molar-refractivity contribution in [3.63, 3.8) is 0 Å². The van der Waals surface area contributed by atoms with Gasteiger partial charge in [-0.1, -0.05) is 19.9 Å². The molecule has 1 amide bonds. The van der Waals surface area contributed by atoms with Crippen molar-refractivity contribution in [1.82, 2.24) is 15.5 Å². The summed E-state index contributed by atoms with van der Waals surface area (Å²) in [6.45, 7) is 4.37. The number of nitrogens with one attached hydrogen (secondary N) is 1. The van der Waals surface area contributed by atoms with Crippen molar-refractivity contribution in [2.75, 3.05) is 20.8 Å². The van der Waals surface area contributed by atoms with Gasteiger partial charge in [-0.2, -0.15) is 5.10 Å². The molecule has 30 heavy (non-hydrogen) atoms. The highest BCUT2D eigenvalue weighted by Crippen LogP contribution is 2.42. The summed E-state index contributed by atoms with van der Waals surface area (Å²) in [6, 6.07) is 5.38. The molecular formula is C22H27F2N3O3. The van der Waals surface area contributed by atoms with Gasteiger partial charge in [0.05, 0.1) is 29.4 Å². The van der Waals surface area contributed by atoms with Gasteiger partial charge in [0.1, 0.15) is 11.6 Å². The van der Waals surface area contributed by atoms with E-state index in [1.807, 2.05) is 0 Å². The first-order valence-corrected chi connectivity index (χ1v) is 10.0. The van der Waals surface area contributed by atoms with Gasteiger partial charge < -0.3 is 14.8 Å². The second-order valence-corrected chi connectivity index (χ2v) is 7.79. The molecule has 1 unspecified atom stereocenters. The minimum Gasteiger partial charge on any atom is -0.354 e. The number of rotatable bonds is 7. The third-order valence-corrected chi connectivity index (χ3v) is 5.66. The molecule has 0 fully saturated rings. The number of hydrogen-bond acceptors (Lipinski definition) is 5. The Hall–Kier alpha value is -2.45. The van der Waals surface area contributed by atoms with Gasteiger partial charge in [0.15, 0.2) is 6.29 Å². The zero-order valence-electron chi connectivity index (χ0n) is 17.6. The van der Waals surface area contributed by atoms with E-state index >= 15 is 0 Å². The Morgan fingerprint density at radius 3 is 2.43 bits per heavy atom.